The number of aromatic carboxylic acids is 1. The molecule has 0 amide bonds. The Bertz CT molecular complexity index is 523. The molecule has 1 N–H and O–H groups in total. The summed E-state index contributed by atoms with van der Waals surface area (Å²) in [5.41, 5.74) is 0.162. The standard InChI is InChI=1S/C8H5ClN2O2S/c1-3-10-6(9)5-4(8(12)13)2-14-7(5)11-3/h2H,1H3,(H,12,13). The molecule has 2 aromatic rings. The molecule has 0 saturated carbocycles. The van der Waals surface area contributed by atoms with Crippen molar-refractivity contribution in [1.29, 1.82) is 0 Å². The van der Waals surface area contributed by atoms with Gasteiger partial charge in [0.25, 0.3) is 0 Å². The molecule has 0 aliphatic carbocycles. The number of thiophene rings is 1. The van der Waals surface area contributed by atoms with Gasteiger partial charge < -0.3 is 5.11 Å². The van der Waals surface area contributed by atoms with Crippen molar-refractivity contribution in [2.45, 2.75) is 6.92 Å². The van der Waals surface area contributed by atoms with Gasteiger partial charge >= 0.3 is 5.97 Å². The summed E-state index contributed by atoms with van der Waals surface area (Å²) < 4.78 is 0. The van der Waals surface area contributed by atoms with E-state index in [2.05, 4.69) is 9.97 Å². The lowest BCUT2D eigenvalue weighted by molar-refractivity contribution is 0.0699. The summed E-state index contributed by atoms with van der Waals surface area (Å²) in [6.07, 6.45) is 0. The molecule has 0 aliphatic heterocycles. The van der Waals surface area contributed by atoms with Crippen molar-refractivity contribution in [3.63, 3.8) is 0 Å². The molecule has 0 radical (unpaired) electrons. The molecule has 0 atom stereocenters. The molecule has 0 fully saturated rings. The van der Waals surface area contributed by atoms with Crippen LogP contribution < -0.4 is 0 Å². The molecule has 14 heavy (non-hydrogen) atoms. The molecule has 6 heteroatoms. The van der Waals surface area contributed by atoms with Gasteiger partial charge in [0.15, 0.2) is 0 Å². The molecule has 72 valence electrons. The number of carbonyl (C=O) groups is 1. The Hall–Kier alpha value is -1.20. The Morgan fingerprint density at radius 2 is 2.29 bits per heavy atom. The van der Waals surface area contributed by atoms with E-state index < -0.39 is 5.97 Å². The highest BCUT2D eigenvalue weighted by molar-refractivity contribution is 7.17. The topological polar surface area (TPSA) is 63.1 Å². The summed E-state index contributed by atoms with van der Waals surface area (Å²) >= 11 is 7.10. The maximum atomic E-state index is 10.8. The molecular formula is C8H5ClN2O2S. The van der Waals surface area contributed by atoms with E-state index in [1.54, 1.807) is 6.92 Å². The van der Waals surface area contributed by atoms with E-state index in [1.165, 1.54) is 16.7 Å². The van der Waals surface area contributed by atoms with Gasteiger partial charge in [-0.15, -0.1) is 11.3 Å². The largest absolute Gasteiger partial charge is 0.478 e. The maximum Gasteiger partial charge on any atom is 0.337 e. The number of nitrogens with zero attached hydrogens (tertiary/aromatic N) is 2. The minimum Gasteiger partial charge on any atom is -0.478 e. The van der Waals surface area contributed by atoms with Crippen molar-refractivity contribution in [3.05, 3.63) is 21.9 Å². The summed E-state index contributed by atoms with van der Waals surface area (Å²) in [5, 5.41) is 11.0. The van der Waals surface area contributed by atoms with Gasteiger partial charge in [0.1, 0.15) is 15.8 Å². The van der Waals surface area contributed by atoms with Gasteiger partial charge in [-0.2, -0.15) is 0 Å². The van der Waals surface area contributed by atoms with Gasteiger partial charge in [-0.3, -0.25) is 0 Å². The highest BCUT2D eigenvalue weighted by Crippen LogP contribution is 2.29. The number of fused-ring (bicyclic) bond motifs is 1. The summed E-state index contributed by atoms with van der Waals surface area (Å²) in [6.45, 7) is 1.71. The first-order valence-electron chi connectivity index (χ1n) is 3.74. The fraction of sp³-hybridized carbons (Fsp3) is 0.125. The average Bonchev–Trinajstić information content (AvgIpc) is 2.47. The quantitative estimate of drug-likeness (QED) is 0.761. The smallest absolute Gasteiger partial charge is 0.337 e. The zero-order chi connectivity index (χ0) is 10.3. The van der Waals surface area contributed by atoms with E-state index in [0.29, 0.717) is 16.0 Å². The third-order valence-corrected chi connectivity index (χ3v) is 2.88. The third-order valence-electron chi connectivity index (χ3n) is 1.73. The van der Waals surface area contributed by atoms with Crippen molar-refractivity contribution in [3.8, 4) is 0 Å². The lowest BCUT2D eigenvalue weighted by Crippen LogP contribution is -1.96. The maximum absolute atomic E-state index is 10.8. The van der Waals surface area contributed by atoms with E-state index in [0.717, 1.165) is 0 Å². The SMILES string of the molecule is Cc1nc(Cl)c2c(C(=O)O)csc2n1. The molecule has 0 saturated heterocycles. The van der Waals surface area contributed by atoms with Crippen molar-refractivity contribution in [2.24, 2.45) is 0 Å². The Kier molecular flexibility index (Phi) is 2.13. The molecule has 0 spiro atoms. The number of carboxylic acid groups (broad SMARTS) is 1. The van der Waals surface area contributed by atoms with Crippen LogP contribution in [0.2, 0.25) is 5.15 Å². The molecule has 0 bridgehead atoms. The second kappa shape index (κ2) is 3.18. The van der Waals surface area contributed by atoms with Crippen molar-refractivity contribution in [1.82, 2.24) is 9.97 Å². The lowest BCUT2D eigenvalue weighted by atomic mass is 10.2. The fourth-order valence-electron chi connectivity index (χ4n) is 1.16. The molecule has 0 aromatic carbocycles. The van der Waals surface area contributed by atoms with Crippen LogP contribution in [0.15, 0.2) is 5.38 Å². The minimum atomic E-state index is -1.01. The van der Waals surface area contributed by atoms with Crippen LogP contribution in [0.1, 0.15) is 16.2 Å². The number of carboxylic acids is 1. The number of hydrogen-bond acceptors (Lipinski definition) is 4. The molecule has 0 unspecified atom stereocenters. The van der Waals surface area contributed by atoms with Crippen LogP contribution in [0.5, 0.6) is 0 Å². The van der Waals surface area contributed by atoms with Gasteiger partial charge in [0.2, 0.25) is 0 Å². The van der Waals surface area contributed by atoms with E-state index in [9.17, 15) is 4.79 Å². The zero-order valence-electron chi connectivity index (χ0n) is 7.11. The van der Waals surface area contributed by atoms with Crippen molar-refractivity contribution in [2.75, 3.05) is 0 Å². The van der Waals surface area contributed by atoms with Crippen LogP contribution >= 0.6 is 22.9 Å². The second-order valence-corrected chi connectivity index (χ2v) is 3.91. The predicted molar refractivity (Wildman–Crippen MR) is 54.1 cm³/mol. The van der Waals surface area contributed by atoms with E-state index in [1.807, 2.05) is 0 Å². The zero-order valence-corrected chi connectivity index (χ0v) is 8.69. The van der Waals surface area contributed by atoms with E-state index in [-0.39, 0.29) is 10.7 Å². The van der Waals surface area contributed by atoms with Crippen LogP contribution in [-0.4, -0.2) is 21.0 Å². The van der Waals surface area contributed by atoms with Gasteiger partial charge in [-0.05, 0) is 6.92 Å². The fourth-order valence-corrected chi connectivity index (χ4v) is 2.48. The molecular weight excluding hydrogens is 224 g/mol. The van der Waals surface area contributed by atoms with Crippen molar-refractivity contribution < 1.29 is 9.90 Å². The van der Waals surface area contributed by atoms with Gasteiger partial charge in [-0.25, -0.2) is 14.8 Å². The minimum absolute atomic E-state index is 0.162. The van der Waals surface area contributed by atoms with Crippen LogP contribution in [0.25, 0.3) is 10.2 Å². The number of hydrogen-bond donors (Lipinski definition) is 1. The monoisotopic (exact) mass is 228 g/mol. The van der Waals surface area contributed by atoms with Gasteiger partial charge in [-0.1, -0.05) is 11.6 Å². The van der Waals surface area contributed by atoms with E-state index in [4.69, 9.17) is 16.7 Å². The summed E-state index contributed by atoms with van der Waals surface area (Å²) in [7, 11) is 0. The third kappa shape index (κ3) is 1.34. The first-order valence-corrected chi connectivity index (χ1v) is 5.00. The normalized spacial score (nSPS) is 10.7. The van der Waals surface area contributed by atoms with E-state index >= 15 is 0 Å². The van der Waals surface area contributed by atoms with Gasteiger partial charge in [0.05, 0.1) is 10.9 Å². The van der Waals surface area contributed by atoms with Crippen LogP contribution in [0.4, 0.5) is 0 Å². The van der Waals surface area contributed by atoms with Crippen molar-refractivity contribution >= 4 is 39.1 Å². The molecule has 0 aliphatic rings. The molecule has 4 nitrogen and oxygen atoms in total. The van der Waals surface area contributed by atoms with Crippen LogP contribution in [0, 0.1) is 6.92 Å². The Morgan fingerprint density at radius 1 is 1.57 bits per heavy atom. The number of rotatable bonds is 1. The highest BCUT2D eigenvalue weighted by atomic mass is 35.5. The first kappa shape index (κ1) is 9.36. The highest BCUT2D eigenvalue weighted by Gasteiger charge is 2.15. The van der Waals surface area contributed by atoms with Crippen LogP contribution in [-0.2, 0) is 0 Å². The summed E-state index contributed by atoms with van der Waals surface area (Å²) in [5.74, 6) is -0.466. The number of aromatic nitrogens is 2. The number of aryl methyl sites for hydroxylation is 1. The average molecular weight is 229 g/mol. The predicted octanol–water partition coefficient (Wildman–Crippen LogP) is 2.35. The second-order valence-electron chi connectivity index (χ2n) is 2.70. The van der Waals surface area contributed by atoms with Crippen LogP contribution in [0.3, 0.4) is 0 Å². The molecule has 2 rings (SSSR count). The lowest BCUT2D eigenvalue weighted by Gasteiger charge is -1.96. The Labute approximate surface area is 88.2 Å². The molecule has 2 aromatic heterocycles. The Morgan fingerprint density at radius 3 is 2.93 bits per heavy atom. The molecule has 2 heterocycles. The summed E-state index contributed by atoms with van der Waals surface area (Å²) in [4.78, 5) is 19.4. The number of halogens is 1. The first-order chi connectivity index (χ1) is 6.59. The Balaban J connectivity index is 2.85. The van der Waals surface area contributed by atoms with Gasteiger partial charge in [0, 0.05) is 5.38 Å². The summed E-state index contributed by atoms with van der Waals surface area (Å²) in [6, 6.07) is 0.